The van der Waals surface area contributed by atoms with E-state index in [4.69, 9.17) is 0 Å². The van der Waals surface area contributed by atoms with Gasteiger partial charge in [0.1, 0.15) is 6.33 Å². The lowest BCUT2D eigenvalue weighted by Gasteiger charge is -2.14. The summed E-state index contributed by atoms with van der Waals surface area (Å²) in [5, 5.41) is 3.25. The third-order valence-corrected chi connectivity index (χ3v) is 4.07. The van der Waals surface area contributed by atoms with Gasteiger partial charge in [-0.25, -0.2) is 9.78 Å². The number of nitrogens with zero attached hydrogens (tertiary/aromatic N) is 3. The van der Waals surface area contributed by atoms with Crippen molar-refractivity contribution in [1.29, 1.82) is 0 Å². The molecule has 5 heteroatoms. The van der Waals surface area contributed by atoms with Crippen molar-refractivity contribution in [2.24, 2.45) is 0 Å². The second-order valence-electron chi connectivity index (χ2n) is 5.70. The smallest absolute Gasteiger partial charge is 0.351 e. The maximum atomic E-state index is 12.3. The van der Waals surface area contributed by atoms with Crippen LogP contribution in [0.3, 0.4) is 0 Å². The van der Waals surface area contributed by atoms with E-state index in [-0.39, 0.29) is 5.69 Å². The monoisotopic (exact) mass is 284 g/mol. The lowest BCUT2D eigenvalue weighted by Crippen LogP contribution is -2.26. The first kappa shape index (κ1) is 13.8. The van der Waals surface area contributed by atoms with E-state index in [0.717, 1.165) is 29.7 Å². The summed E-state index contributed by atoms with van der Waals surface area (Å²) in [6.07, 6.45) is 6.29. The molecule has 1 aromatic heterocycles. The van der Waals surface area contributed by atoms with Crippen LogP contribution in [-0.4, -0.2) is 20.6 Å². The lowest BCUT2D eigenvalue weighted by atomic mass is 10.1. The largest absolute Gasteiger partial charge is 0.356 e. The molecule has 1 aliphatic carbocycles. The molecule has 0 radical (unpaired) electrons. The lowest BCUT2D eigenvalue weighted by molar-refractivity contribution is 0.733. The highest BCUT2D eigenvalue weighted by atomic mass is 16.1. The van der Waals surface area contributed by atoms with Crippen LogP contribution in [0.25, 0.3) is 5.69 Å². The quantitative estimate of drug-likeness (QED) is 0.941. The normalized spacial score (nSPS) is 15.3. The summed E-state index contributed by atoms with van der Waals surface area (Å²) in [5.74, 6) is 0.439. The third-order valence-electron chi connectivity index (χ3n) is 4.07. The van der Waals surface area contributed by atoms with Crippen LogP contribution in [0.5, 0.6) is 0 Å². The minimum Gasteiger partial charge on any atom is -0.351 e. The molecule has 3 rings (SSSR count). The summed E-state index contributed by atoms with van der Waals surface area (Å²) >= 11 is 0. The fourth-order valence-electron chi connectivity index (χ4n) is 3.00. The van der Waals surface area contributed by atoms with E-state index in [2.05, 4.69) is 15.3 Å². The van der Waals surface area contributed by atoms with E-state index < -0.39 is 0 Å². The molecule has 0 unspecified atom stereocenters. The molecule has 1 aliphatic rings. The molecular formula is C16H20N4O. The second kappa shape index (κ2) is 5.68. The number of benzene rings is 1. The number of nitrogens with one attached hydrogen (secondary N) is 1. The van der Waals surface area contributed by atoms with Gasteiger partial charge in [0.2, 0.25) is 5.95 Å². The molecule has 0 atom stereocenters. The van der Waals surface area contributed by atoms with Crippen LogP contribution in [0.4, 0.5) is 5.95 Å². The molecule has 5 nitrogen and oxygen atoms in total. The number of anilines is 1. The predicted molar refractivity (Wildman–Crippen MR) is 83.0 cm³/mol. The van der Waals surface area contributed by atoms with Crippen molar-refractivity contribution in [2.75, 3.05) is 5.32 Å². The first-order chi connectivity index (χ1) is 10.1. The van der Waals surface area contributed by atoms with Crippen LogP contribution in [0.15, 0.2) is 29.3 Å². The average molecular weight is 284 g/mol. The van der Waals surface area contributed by atoms with Gasteiger partial charge in [-0.1, -0.05) is 31.0 Å². The Hall–Kier alpha value is -2.17. The molecule has 0 aliphatic heterocycles. The molecule has 0 saturated heterocycles. The molecule has 110 valence electrons. The van der Waals surface area contributed by atoms with E-state index in [9.17, 15) is 4.79 Å². The van der Waals surface area contributed by atoms with Gasteiger partial charge in [0.15, 0.2) is 0 Å². The second-order valence-corrected chi connectivity index (χ2v) is 5.70. The fraction of sp³-hybridized carbons (Fsp3) is 0.438. The Kier molecular flexibility index (Phi) is 3.73. The van der Waals surface area contributed by atoms with Gasteiger partial charge in [0, 0.05) is 6.04 Å². The van der Waals surface area contributed by atoms with Gasteiger partial charge in [-0.15, -0.1) is 0 Å². The zero-order valence-electron chi connectivity index (χ0n) is 12.5. The predicted octanol–water partition coefficient (Wildman–Crippen LogP) is 2.60. The Morgan fingerprint density at radius 1 is 1.19 bits per heavy atom. The molecule has 0 bridgehead atoms. The SMILES string of the molecule is Cc1cccc(C)c1-n1cnc(NC2CCCC2)nc1=O. The molecular weight excluding hydrogens is 264 g/mol. The number of para-hydroxylation sites is 1. The number of rotatable bonds is 3. The van der Waals surface area contributed by atoms with Crippen molar-refractivity contribution in [3.05, 3.63) is 46.1 Å². The van der Waals surface area contributed by atoms with Crippen LogP contribution in [0.1, 0.15) is 36.8 Å². The zero-order valence-corrected chi connectivity index (χ0v) is 12.5. The molecule has 1 aromatic carbocycles. The van der Waals surface area contributed by atoms with Gasteiger partial charge < -0.3 is 5.32 Å². The zero-order chi connectivity index (χ0) is 14.8. The van der Waals surface area contributed by atoms with E-state index >= 15 is 0 Å². The van der Waals surface area contributed by atoms with Gasteiger partial charge in [-0.05, 0) is 37.8 Å². The molecule has 2 aromatic rings. The Morgan fingerprint density at radius 3 is 2.48 bits per heavy atom. The van der Waals surface area contributed by atoms with Crippen molar-refractivity contribution >= 4 is 5.95 Å². The first-order valence-corrected chi connectivity index (χ1v) is 7.44. The highest BCUT2D eigenvalue weighted by Crippen LogP contribution is 2.20. The van der Waals surface area contributed by atoms with Gasteiger partial charge in [-0.3, -0.25) is 4.57 Å². The van der Waals surface area contributed by atoms with E-state index in [1.165, 1.54) is 17.4 Å². The van der Waals surface area contributed by atoms with Crippen molar-refractivity contribution in [3.8, 4) is 5.69 Å². The van der Waals surface area contributed by atoms with E-state index in [1.807, 2.05) is 32.0 Å². The molecule has 21 heavy (non-hydrogen) atoms. The van der Waals surface area contributed by atoms with Crippen LogP contribution in [0.2, 0.25) is 0 Å². The summed E-state index contributed by atoms with van der Waals surface area (Å²) in [6, 6.07) is 6.36. The van der Waals surface area contributed by atoms with Crippen molar-refractivity contribution in [1.82, 2.24) is 14.5 Å². The Morgan fingerprint density at radius 2 is 1.86 bits per heavy atom. The Bertz CT molecular complexity index is 681. The summed E-state index contributed by atoms with van der Waals surface area (Å²) in [7, 11) is 0. The molecule has 1 N–H and O–H groups in total. The fourth-order valence-corrected chi connectivity index (χ4v) is 3.00. The van der Waals surface area contributed by atoms with Crippen molar-refractivity contribution in [2.45, 2.75) is 45.6 Å². The highest BCUT2D eigenvalue weighted by Gasteiger charge is 2.16. The summed E-state index contributed by atoms with van der Waals surface area (Å²) in [6.45, 7) is 3.97. The highest BCUT2D eigenvalue weighted by molar-refractivity contribution is 5.46. The van der Waals surface area contributed by atoms with Gasteiger partial charge in [-0.2, -0.15) is 4.98 Å². The third kappa shape index (κ3) is 2.82. The van der Waals surface area contributed by atoms with Crippen molar-refractivity contribution < 1.29 is 0 Å². The molecule has 0 amide bonds. The summed E-state index contributed by atoms with van der Waals surface area (Å²) in [5.41, 5.74) is 2.66. The number of hydrogen-bond donors (Lipinski definition) is 1. The van der Waals surface area contributed by atoms with Gasteiger partial charge >= 0.3 is 5.69 Å². The standard InChI is InChI=1S/C16H20N4O/c1-11-6-5-7-12(2)14(11)20-10-17-15(19-16(20)21)18-13-8-3-4-9-13/h5-7,10,13H,3-4,8-9H2,1-2H3,(H,18,19,21). The van der Waals surface area contributed by atoms with Gasteiger partial charge in [0.25, 0.3) is 0 Å². The number of aryl methyl sites for hydroxylation is 2. The molecule has 1 heterocycles. The molecule has 1 saturated carbocycles. The maximum Gasteiger partial charge on any atom is 0.356 e. The van der Waals surface area contributed by atoms with Crippen LogP contribution in [0, 0.1) is 13.8 Å². The Labute approximate surface area is 124 Å². The van der Waals surface area contributed by atoms with Gasteiger partial charge in [0.05, 0.1) is 5.69 Å². The molecule has 0 spiro atoms. The molecule has 1 fully saturated rings. The summed E-state index contributed by atoms with van der Waals surface area (Å²) in [4.78, 5) is 20.7. The summed E-state index contributed by atoms with van der Waals surface area (Å²) < 4.78 is 1.52. The van der Waals surface area contributed by atoms with Crippen molar-refractivity contribution in [3.63, 3.8) is 0 Å². The van der Waals surface area contributed by atoms with Crippen LogP contribution in [-0.2, 0) is 0 Å². The average Bonchev–Trinajstić information content (AvgIpc) is 2.94. The first-order valence-electron chi connectivity index (χ1n) is 7.44. The number of hydrogen-bond acceptors (Lipinski definition) is 4. The van der Waals surface area contributed by atoms with Crippen LogP contribution >= 0.6 is 0 Å². The van der Waals surface area contributed by atoms with E-state index in [1.54, 1.807) is 6.33 Å². The Balaban J connectivity index is 1.93. The minimum absolute atomic E-state index is 0.289. The maximum absolute atomic E-state index is 12.3. The number of aromatic nitrogens is 3. The van der Waals surface area contributed by atoms with Crippen LogP contribution < -0.4 is 11.0 Å². The topological polar surface area (TPSA) is 59.8 Å². The van der Waals surface area contributed by atoms with E-state index in [0.29, 0.717) is 12.0 Å². The minimum atomic E-state index is -0.289.